The molecular formula is C21H16BrF4N5O2. The van der Waals surface area contributed by atoms with E-state index in [9.17, 15) is 22.4 Å². The van der Waals surface area contributed by atoms with Crippen LogP contribution in [0.25, 0.3) is 0 Å². The molecule has 3 heterocycles. The Bertz CT molecular complexity index is 1360. The first-order valence-electron chi connectivity index (χ1n) is 9.58. The van der Waals surface area contributed by atoms with Gasteiger partial charge in [-0.2, -0.15) is 10.2 Å². The Morgan fingerprint density at radius 3 is 2.58 bits per heavy atom. The van der Waals surface area contributed by atoms with Crippen LogP contribution in [0.1, 0.15) is 33.3 Å². The zero-order valence-electron chi connectivity index (χ0n) is 17.3. The average Bonchev–Trinajstić information content (AvgIpc) is 3.48. The number of carbonyl (C=O) groups is 1. The van der Waals surface area contributed by atoms with Crippen LogP contribution in [-0.2, 0) is 13.1 Å². The molecule has 0 aliphatic rings. The highest BCUT2D eigenvalue weighted by molar-refractivity contribution is 9.10. The first-order valence-corrected chi connectivity index (χ1v) is 10.4. The second-order valence-corrected chi connectivity index (χ2v) is 8.03. The Morgan fingerprint density at radius 2 is 1.88 bits per heavy atom. The Hall–Kier alpha value is -3.41. The van der Waals surface area contributed by atoms with Gasteiger partial charge in [0, 0.05) is 17.8 Å². The molecule has 0 radical (unpaired) electrons. The SMILES string of the molecule is Cc1nn(Cc2ccc(C(=O)Nc3cnn(Cc4c(F)cc(F)c(F)c4F)c3)o2)c(C)c1Br. The van der Waals surface area contributed by atoms with Crippen molar-refractivity contribution in [2.75, 3.05) is 5.32 Å². The quantitative estimate of drug-likeness (QED) is 0.219. The van der Waals surface area contributed by atoms with Gasteiger partial charge in [0.15, 0.2) is 23.2 Å². The molecule has 4 rings (SSSR count). The summed E-state index contributed by atoms with van der Waals surface area (Å²) in [5.74, 6) is -6.29. The van der Waals surface area contributed by atoms with Gasteiger partial charge in [-0.3, -0.25) is 14.2 Å². The first kappa shape index (κ1) is 22.8. The second-order valence-electron chi connectivity index (χ2n) is 7.24. The molecule has 7 nitrogen and oxygen atoms in total. The first-order chi connectivity index (χ1) is 15.6. The van der Waals surface area contributed by atoms with E-state index >= 15 is 0 Å². The van der Waals surface area contributed by atoms with Crippen molar-refractivity contribution < 1.29 is 26.8 Å². The van der Waals surface area contributed by atoms with Gasteiger partial charge in [-0.25, -0.2) is 17.6 Å². The van der Waals surface area contributed by atoms with Crippen LogP contribution in [0.5, 0.6) is 0 Å². The number of carbonyl (C=O) groups excluding carboxylic acids is 1. The van der Waals surface area contributed by atoms with Gasteiger partial charge < -0.3 is 9.73 Å². The van der Waals surface area contributed by atoms with E-state index in [1.54, 1.807) is 10.7 Å². The van der Waals surface area contributed by atoms with Crippen molar-refractivity contribution in [1.29, 1.82) is 0 Å². The third kappa shape index (κ3) is 4.56. The number of aromatic nitrogens is 4. The van der Waals surface area contributed by atoms with Gasteiger partial charge in [-0.15, -0.1) is 0 Å². The van der Waals surface area contributed by atoms with Gasteiger partial charge in [0.2, 0.25) is 0 Å². The summed E-state index contributed by atoms with van der Waals surface area (Å²) in [6, 6.07) is 3.42. The number of benzene rings is 1. The number of nitrogens with zero attached hydrogens (tertiary/aromatic N) is 4. The molecule has 3 aromatic heterocycles. The van der Waals surface area contributed by atoms with Crippen LogP contribution in [0.2, 0.25) is 0 Å². The minimum absolute atomic E-state index is 0.0380. The predicted octanol–water partition coefficient (Wildman–Crippen LogP) is 4.96. The monoisotopic (exact) mass is 525 g/mol. The van der Waals surface area contributed by atoms with Gasteiger partial charge in [-0.1, -0.05) is 0 Å². The number of halogens is 5. The molecule has 12 heteroatoms. The zero-order valence-corrected chi connectivity index (χ0v) is 18.9. The smallest absolute Gasteiger partial charge is 0.291 e. The van der Waals surface area contributed by atoms with Crippen molar-refractivity contribution in [3.63, 3.8) is 0 Å². The Labute approximate surface area is 193 Å². The number of hydrogen-bond acceptors (Lipinski definition) is 4. The maximum Gasteiger partial charge on any atom is 0.291 e. The molecule has 0 saturated heterocycles. The molecule has 0 aliphatic carbocycles. The number of aryl methyl sites for hydroxylation is 1. The number of anilines is 1. The standard InChI is InChI=1S/C21H16BrF4N5O2/c1-10-18(22)11(2)31(29-10)8-13-3-4-17(33-13)21(32)28-12-6-27-30(7-12)9-14-15(23)5-16(24)20(26)19(14)25/h3-7H,8-9H2,1-2H3,(H,28,32). The molecule has 1 N–H and O–H groups in total. The van der Waals surface area contributed by atoms with Crippen LogP contribution in [0.3, 0.4) is 0 Å². The maximum absolute atomic E-state index is 13.9. The van der Waals surface area contributed by atoms with Crippen LogP contribution in [-0.4, -0.2) is 25.5 Å². The summed E-state index contributed by atoms with van der Waals surface area (Å²) in [6.07, 6.45) is 2.53. The van der Waals surface area contributed by atoms with E-state index in [2.05, 4.69) is 31.4 Å². The lowest BCUT2D eigenvalue weighted by Gasteiger charge is -2.06. The zero-order chi connectivity index (χ0) is 23.9. The molecule has 1 aromatic carbocycles. The van der Waals surface area contributed by atoms with Crippen molar-refractivity contribution in [3.8, 4) is 0 Å². The highest BCUT2D eigenvalue weighted by Gasteiger charge is 2.20. The highest BCUT2D eigenvalue weighted by atomic mass is 79.9. The largest absolute Gasteiger partial charge is 0.454 e. The minimum Gasteiger partial charge on any atom is -0.454 e. The molecule has 0 atom stereocenters. The summed E-state index contributed by atoms with van der Waals surface area (Å²) in [4.78, 5) is 12.5. The van der Waals surface area contributed by atoms with E-state index in [4.69, 9.17) is 4.42 Å². The van der Waals surface area contributed by atoms with E-state index in [0.29, 0.717) is 12.3 Å². The predicted molar refractivity (Wildman–Crippen MR) is 113 cm³/mol. The van der Waals surface area contributed by atoms with E-state index < -0.39 is 41.3 Å². The molecule has 0 aliphatic heterocycles. The third-order valence-corrected chi connectivity index (χ3v) is 6.05. The molecule has 172 valence electrons. The van der Waals surface area contributed by atoms with E-state index in [1.165, 1.54) is 18.5 Å². The summed E-state index contributed by atoms with van der Waals surface area (Å²) < 4.78 is 63.5. The van der Waals surface area contributed by atoms with Crippen molar-refractivity contribution in [2.45, 2.75) is 26.9 Å². The lowest BCUT2D eigenvalue weighted by atomic mass is 10.2. The summed E-state index contributed by atoms with van der Waals surface area (Å²) in [5.41, 5.74) is 1.26. The fourth-order valence-electron chi connectivity index (χ4n) is 3.18. The van der Waals surface area contributed by atoms with Crippen molar-refractivity contribution >= 4 is 27.5 Å². The van der Waals surface area contributed by atoms with Crippen LogP contribution >= 0.6 is 15.9 Å². The van der Waals surface area contributed by atoms with Crippen LogP contribution in [0, 0.1) is 37.1 Å². The van der Waals surface area contributed by atoms with Crippen molar-refractivity contribution in [1.82, 2.24) is 19.6 Å². The fraction of sp³-hybridized carbons (Fsp3) is 0.190. The summed E-state index contributed by atoms with van der Waals surface area (Å²) >= 11 is 3.45. The Balaban J connectivity index is 1.43. The number of nitrogens with one attached hydrogen (secondary N) is 1. The van der Waals surface area contributed by atoms with Gasteiger partial charge in [0.1, 0.15) is 11.6 Å². The maximum atomic E-state index is 13.9. The Kier molecular flexibility index (Phi) is 6.11. The van der Waals surface area contributed by atoms with Crippen LogP contribution in [0.4, 0.5) is 23.2 Å². The minimum atomic E-state index is -1.77. The lowest BCUT2D eigenvalue weighted by molar-refractivity contribution is 0.0994. The van der Waals surface area contributed by atoms with Crippen LogP contribution in [0.15, 0.2) is 39.5 Å². The molecular weight excluding hydrogens is 510 g/mol. The van der Waals surface area contributed by atoms with Crippen molar-refractivity contribution in [2.24, 2.45) is 0 Å². The molecule has 1 amide bonds. The van der Waals surface area contributed by atoms with Crippen LogP contribution < -0.4 is 5.32 Å². The normalized spacial score (nSPS) is 11.2. The average molecular weight is 526 g/mol. The molecule has 4 aromatic rings. The van der Waals surface area contributed by atoms with Gasteiger partial charge in [0.05, 0.1) is 40.8 Å². The number of furan rings is 1. The van der Waals surface area contributed by atoms with Crippen molar-refractivity contribution in [3.05, 3.63) is 86.8 Å². The molecule has 0 saturated carbocycles. The lowest BCUT2D eigenvalue weighted by Crippen LogP contribution is -2.11. The third-order valence-electron chi connectivity index (χ3n) is 4.90. The van der Waals surface area contributed by atoms with E-state index in [0.717, 1.165) is 20.5 Å². The van der Waals surface area contributed by atoms with E-state index in [1.807, 2.05) is 13.8 Å². The number of amides is 1. The fourth-order valence-corrected chi connectivity index (χ4v) is 3.46. The Morgan fingerprint density at radius 1 is 1.12 bits per heavy atom. The number of hydrogen-bond donors (Lipinski definition) is 1. The molecule has 0 bridgehead atoms. The van der Waals surface area contributed by atoms with E-state index in [-0.39, 0.29) is 17.5 Å². The highest BCUT2D eigenvalue weighted by Crippen LogP contribution is 2.22. The van der Waals surface area contributed by atoms with Gasteiger partial charge in [-0.05, 0) is 41.9 Å². The molecule has 33 heavy (non-hydrogen) atoms. The summed E-state index contributed by atoms with van der Waals surface area (Å²) in [6.45, 7) is 3.59. The topological polar surface area (TPSA) is 77.9 Å². The summed E-state index contributed by atoms with van der Waals surface area (Å²) in [7, 11) is 0. The molecule has 0 spiro atoms. The molecule has 0 fully saturated rings. The van der Waals surface area contributed by atoms with Gasteiger partial charge >= 0.3 is 0 Å². The molecule has 0 unspecified atom stereocenters. The number of rotatable bonds is 6. The van der Waals surface area contributed by atoms with Gasteiger partial charge in [0.25, 0.3) is 5.91 Å². The summed E-state index contributed by atoms with van der Waals surface area (Å²) in [5, 5.41) is 10.8. The second kappa shape index (κ2) is 8.85.